The molecule has 0 atom stereocenters. The van der Waals surface area contributed by atoms with Crippen LogP contribution < -0.4 is 5.32 Å². The molecule has 0 aliphatic carbocycles. The van der Waals surface area contributed by atoms with Gasteiger partial charge in [0.15, 0.2) is 0 Å². The van der Waals surface area contributed by atoms with E-state index in [1.165, 1.54) is 11.3 Å². The van der Waals surface area contributed by atoms with Crippen LogP contribution in [0.15, 0.2) is 67.8 Å². The summed E-state index contributed by atoms with van der Waals surface area (Å²) in [6, 6.07) is 13.4. The van der Waals surface area contributed by atoms with Crippen molar-refractivity contribution in [3.05, 3.63) is 77.5 Å². The molecular formula is C18H20N2OS. The first kappa shape index (κ1) is 16.2. The Morgan fingerprint density at radius 2 is 1.77 bits per heavy atom. The highest BCUT2D eigenvalue weighted by Gasteiger charge is 2.11. The minimum atomic E-state index is -0.0681. The average molecular weight is 312 g/mol. The SMILES string of the molecule is C=CCN(CC=C)Cc1ccc(C(=O)Nc2ccccc2)s1. The molecule has 0 saturated carbocycles. The Morgan fingerprint density at radius 1 is 1.09 bits per heavy atom. The second-order valence-electron chi connectivity index (χ2n) is 4.86. The maximum atomic E-state index is 12.2. The molecule has 1 N–H and O–H groups in total. The van der Waals surface area contributed by atoms with Gasteiger partial charge in [-0.3, -0.25) is 9.69 Å². The van der Waals surface area contributed by atoms with E-state index in [9.17, 15) is 4.79 Å². The zero-order valence-electron chi connectivity index (χ0n) is 12.5. The standard InChI is InChI=1S/C18H20N2OS/c1-3-12-20(13-4-2)14-16-10-11-17(22-16)18(21)19-15-8-6-5-7-9-15/h3-11H,1-2,12-14H2,(H,19,21). The number of benzene rings is 1. The predicted molar refractivity (Wildman–Crippen MR) is 94.4 cm³/mol. The van der Waals surface area contributed by atoms with Crippen LogP contribution in [0.5, 0.6) is 0 Å². The summed E-state index contributed by atoms with van der Waals surface area (Å²) in [5.41, 5.74) is 0.808. The number of rotatable bonds is 8. The molecule has 0 fully saturated rings. The van der Waals surface area contributed by atoms with Crippen LogP contribution in [0.2, 0.25) is 0 Å². The van der Waals surface area contributed by atoms with E-state index < -0.39 is 0 Å². The lowest BCUT2D eigenvalue weighted by atomic mass is 10.3. The molecule has 1 heterocycles. The number of hydrogen-bond donors (Lipinski definition) is 1. The number of thiophene rings is 1. The van der Waals surface area contributed by atoms with E-state index in [0.29, 0.717) is 0 Å². The molecule has 0 radical (unpaired) electrons. The van der Waals surface area contributed by atoms with Gasteiger partial charge in [0.1, 0.15) is 0 Å². The Morgan fingerprint density at radius 3 is 2.41 bits per heavy atom. The highest BCUT2D eigenvalue weighted by Crippen LogP contribution is 2.20. The van der Waals surface area contributed by atoms with Crippen LogP contribution >= 0.6 is 11.3 Å². The Labute approximate surface area is 135 Å². The van der Waals surface area contributed by atoms with E-state index in [0.717, 1.165) is 35.1 Å². The fourth-order valence-electron chi connectivity index (χ4n) is 2.09. The summed E-state index contributed by atoms with van der Waals surface area (Å²) < 4.78 is 0. The molecule has 4 heteroatoms. The number of nitrogens with one attached hydrogen (secondary N) is 1. The molecule has 0 bridgehead atoms. The van der Waals surface area contributed by atoms with E-state index in [1.54, 1.807) is 0 Å². The van der Waals surface area contributed by atoms with Crippen LogP contribution in [0.1, 0.15) is 14.5 Å². The van der Waals surface area contributed by atoms with E-state index in [-0.39, 0.29) is 5.91 Å². The van der Waals surface area contributed by atoms with E-state index >= 15 is 0 Å². The van der Waals surface area contributed by atoms with Gasteiger partial charge in [-0.2, -0.15) is 0 Å². The van der Waals surface area contributed by atoms with Crippen LogP contribution in [-0.4, -0.2) is 23.9 Å². The van der Waals surface area contributed by atoms with Crippen molar-refractivity contribution >= 4 is 22.9 Å². The molecule has 2 rings (SSSR count). The van der Waals surface area contributed by atoms with Crippen molar-refractivity contribution in [2.24, 2.45) is 0 Å². The zero-order valence-corrected chi connectivity index (χ0v) is 13.3. The van der Waals surface area contributed by atoms with Gasteiger partial charge in [0.25, 0.3) is 5.91 Å². The molecule has 2 aromatic rings. The second-order valence-corrected chi connectivity index (χ2v) is 6.03. The van der Waals surface area contributed by atoms with Gasteiger partial charge in [-0.25, -0.2) is 0 Å². The highest BCUT2D eigenvalue weighted by molar-refractivity contribution is 7.14. The number of amides is 1. The molecule has 0 aliphatic heterocycles. The molecule has 1 amide bonds. The third-order valence-electron chi connectivity index (χ3n) is 3.07. The predicted octanol–water partition coefficient (Wildman–Crippen LogP) is 4.17. The minimum Gasteiger partial charge on any atom is -0.321 e. The van der Waals surface area contributed by atoms with Crippen molar-refractivity contribution in [2.45, 2.75) is 6.54 Å². The number of hydrogen-bond acceptors (Lipinski definition) is 3. The van der Waals surface area contributed by atoms with Crippen LogP contribution in [0, 0.1) is 0 Å². The largest absolute Gasteiger partial charge is 0.321 e. The zero-order chi connectivity index (χ0) is 15.8. The number of nitrogens with zero attached hydrogens (tertiary/aromatic N) is 1. The van der Waals surface area contributed by atoms with Gasteiger partial charge < -0.3 is 5.32 Å². The summed E-state index contributed by atoms with van der Waals surface area (Å²) >= 11 is 1.52. The Kier molecular flexibility index (Phi) is 6.13. The van der Waals surface area contributed by atoms with Gasteiger partial charge in [0.05, 0.1) is 4.88 Å². The summed E-state index contributed by atoms with van der Waals surface area (Å²) in [6.07, 6.45) is 3.75. The summed E-state index contributed by atoms with van der Waals surface area (Å²) in [5.74, 6) is -0.0681. The van der Waals surface area contributed by atoms with Crippen molar-refractivity contribution in [3.63, 3.8) is 0 Å². The van der Waals surface area contributed by atoms with Crippen LogP contribution in [-0.2, 0) is 6.54 Å². The first-order valence-corrected chi connectivity index (χ1v) is 7.94. The van der Waals surface area contributed by atoms with Crippen molar-refractivity contribution in [2.75, 3.05) is 18.4 Å². The monoisotopic (exact) mass is 312 g/mol. The fraction of sp³-hybridized carbons (Fsp3) is 0.167. The first-order valence-electron chi connectivity index (χ1n) is 7.12. The molecule has 0 aliphatic rings. The molecule has 3 nitrogen and oxygen atoms in total. The van der Waals surface area contributed by atoms with Gasteiger partial charge in [-0.1, -0.05) is 30.4 Å². The van der Waals surface area contributed by atoms with Crippen LogP contribution in [0.4, 0.5) is 5.69 Å². The molecular weight excluding hydrogens is 292 g/mol. The summed E-state index contributed by atoms with van der Waals surface area (Å²) in [5, 5.41) is 2.90. The third-order valence-corrected chi connectivity index (χ3v) is 4.14. The fourth-order valence-corrected chi connectivity index (χ4v) is 3.03. The van der Waals surface area contributed by atoms with Crippen molar-refractivity contribution in [1.29, 1.82) is 0 Å². The Balaban J connectivity index is 1.99. The van der Waals surface area contributed by atoms with Crippen LogP contribution in [0.3, 0.4) is 0 Å². The van der Waals surface area contributed by atoms with E-state index in [2.05, 4.69) is 23.4 Å². The van der Waals surface area contributed by atoms with Crippen molar-refractivity contribution < 1.29 is 4.79 Å². The van der Waals surface area contributed by atoms with E-state index in [1.807, 2.05) is 54.6 Å². The van der Waals surface area contributed by atoms with Gasteiger partial charge in [-0.15, -0.1) is 24.5 Å². The molecule has 1 aromatic carbocycles. The lowest BCUT2D eigenvalue weighted by Crippen LogP contribution is -2.22. The first-order chi connectivity index (χ1) is 10.7. The topological polar surface area (TPSA) is 32.3 Å². The Bertz CT molecular complexity index is 624. The molecule has 0 saturated heterocycles. The molecule has 22 heavy (non-hydrogen) atoms. The number of carbonyl (C=O) groups excluding carboxylic acids is 1. The normalized spacial score (nSPS) is 10.4. The highest BCUT2D eigenvalue weighted by atomic mass is 32.1. The number of para-hydroxylation sites is 1. The maximum Gasteiger partial charge on any atom is 0.265 e. The summed E-state index contributed by atoms with van der Waals surface area (Å²) in [4.78, 5) is 16.3. The average Bonchev–Trinajstić information content (AvgIpc) is 2.97. The van der Waals surface area contributed by atoms with Crippen LogP contribution in [0.25, 0.3) is 0 Å². The summed E-state index contributed by atoms with van der Waals surface area (Å²) in [7, 11) is 0. The lowest BCUT2D eigenvalue weighted by Gasteiger charge is -2.17. The minimum absolute atomic E-state index is 0.0681. The smallest absolute Gasteiger partial charge is 0.265 e. The lowest BCUT2D eigenvalue weighted by molar-refractivity contribution is 0.103. The van der Waals surface area contributed by atoms with E-state index in [4.69, 9.17) is 0 Å². The maximum absolute atomic E-state index is 12.2. The van der Waals surface area contributed by atoms with Gasteiger partial charge in [0, 0.05) is 30.2 Å². The molecule has 0 unspecified atom stereocenters. The molecule has 1 aromatic heterocycles. The second kappa shape index (κ2) is 8.32. The quantitative estimate of drug-likeness (QED) is 0.742. The molecule has 114 valence electrons. The number of anilines is 1. The van der Waals surface area contributed by atoms with Crippen molar-refractivity contribution in [3.8, 4) is 0 Å². The number of carbonyl (C=O) groups is 1. The van der Waals surface area contributed by atoms with Crippen molar-refractivity contribution in [1.82, 2.24) is 4.90 Å². The Hall–Kier alpha value is -2.17. The third kappa shape index (κ3) is 4.69. The summed E-state index contributed by atoms with van der Waals surface area (Å²) in [6.45, 7) is 9.93. The van der Waals surface area contributed by atoms with Gasteiger partial charge in [-0.05, 0) is 24.3 Å². The molecule has 0 spiro atoms. The van der Waals surface area contributed by atoms with Gasteiger partial charge >= 0.3 is 0 Å². The van der Waals surface area contributed by atoms with Gasteiger partial charge in [0.2, 0.25) is 0 Å².